The lowest BCUT2D eigenvalue weighted by Gasteiger charge is -2.48. The Morgan fingerprint density at radius 1 is 1.13 bits per heavy atom. The van der Waals surface area contributed by atoms with Crippen LogP contribution in [0.3, 0.4) is 0 Å². The SMILES string of the molecule is CCOc1ccc(Cc2cc([C@]3(O)C[C@@H](O)[C@H](O)C(CO)C3(F)F)ccc2Cl)cc1. The van der Waals surface area contributed by atoms with Crippen LogP contribution in [-0.4, -0.2) is 51.8 Å². The van der Waals surface area contributed by atoms with Crippen molar-refractivity contribution in [1.29, 1.82) is 0 Å². The van der Waals surface area contributed by atoms with Crippen molar-refractivity contribution in [3.63, 3.8) is 0 Å². The van der Waals surface area contributed by atoms with E-state index in [0.29, 0.717) is 29.4 Å². The maximum absolute atomic E-state index is 15.1. The standard InChI is InChI=1S/C22H25ClF2O5/c1-2-30-16-6-3-13(4-7-16)9-14-10-15(5-8-18(14)23)21(29)11-19(27)20(28)17(12-26)22(21,24)25/h3-8,10,17,19-20,26-29H,2,9,11-12H2,1H3/t17?,19-,20-,21-/m1/s1. The molecule has 0 aromatic heterocycles. The summed E-state index contributed by atoms with van der Waals surface area (Å²) < 4.78 is 35.6. The molecule has 4 N–H and O–H groups in total. The third-order valence-corrected chi connectivity index (χ3v) is 6.05. The first-order valence-corrected chi connectivity index (χ1v) is 10.1. The first-order chi connectivity index (χ1) is 14.1. The summed E-state index contributed by atoms with van der Waals surface area (Å²) in [6, 6.07) is 11.3. The van der Waals surface area contributed by atoms with Gasteiger partial charge in [0.05, 0.1) is 31.3 Å². The van der Waals surface area contributed by atoms with Crippen molar-refractivity contribution in [3.8, 4) is 5.75 Å². The molecule has 0 heterocycles. The number of alkyl halides is 2. The van der Waals surface area contributed by atoms with E-state index in [9.17, 15) is 20.4 Å². The molecule has 164 valence electrons. The molecule has 0 amide bonds. The Morgan fingerprint density at radius 3 is 2.40 bits per heavy atom. The summed E-state index contributed by atoms with van der Waals surface area (Å²) in [6.07, 6.45) is -3.91. The Labute approximate surface area is 178 Å². The minimum absolute atomic E-state index is 0.137. The van der Waals surface area contributed by atoms with Gasteiger partial charge in [0.25, 0.3) is 5.92 Å². The molecule has 0 radical (unpaired) electrons. The molecule has 1 saturated carbocycles. The van der Waals surface area contributed by atoms with Gasteiger partial charge in [-0.15, -0.1) is 0 Å². The molecule has 1 unspecified atom stereocenters. The molecule has 1 aliphatic rings. The van der Waals surface area contributed by atoms with Crippen LogP contribution < -0.4 is 4.74 Å². The molecule has 0 saturated heterocycles. The van der Waals surface area contributed by atoms with Gasteiger partial charge in [0.1, 0.15) is 5.75 Å². The molecular weight excluding hydrogens is 418 g/mol. The van der Waals surface area contributed by atoms with Crippen molar-refractivity contribution in [3.05, 3.63) is 64.2 Å². The Balaban J connectivity index is 1.95. The van der Waals surface area contributed by atoms with E-state index in [1.807, 2.05) is 19.1 Å². The number of aliphatic hydroxyl groups is 4. The van der Waals surface area contributed by atoms with Gasteiger partial charge in [-0.05, 0) is 48.2 Å². The zero-order chi connectivity index (χ0) is 22.1. The van der Waals surface area contributed by atoms with E-state index in [1.165, 1.54) is 18.2 Å². The number of benzene rings is 2. The quantitative estimate of drug-likeness (QED) is 0.552. The molecule has 2 aromatic rings. The molecule has 1 fully saturated rings. The Hall–Kier alpha value is -1.77. The summed E-state index contributed by atoms with van der Waals surface area (Å²) >= 11 is 6.27. The predicted molar refractivity (Wildman–Crippen MR) is 108 cm³/mol. The highest BCUT2D eigenvalue weighted by molar-refractivity contribution is 6.31. The van der Waals surface area contributed by atoms with Gasteiger partial charge in [0.2, 0.25) is 0 Å². The Kier molecular flexibility index (Phi) is 6.69. The van der Waals surface area contributed by atoms with Gasteiger partial charge < -0.3 is 25.2 Å². The van der Waals surface area contributed by atoms with Crippen molar-refractivity contribution in [2.75, 3.05) is 13.2 Å². The molecule has 0 spiro atoms. The number of hydrogen-bond donors (Lipinski definition) is 4. The minimum Gasteiger partial charge on any atom is -0.494 e. The van der Waals surface area contributed by atoms with Gasteiger partial charge in [0, 0.05) is 11.4 Å². The fraction of sp³-hybridized carbons (Fsp3) is 0.455. The minimum atomic E-state index is -3.87. The lowest BCUT2D eigenvalue weighted by atomic mass is 9.68. The first-order valence-electron chi connectivity index (χ1n) is 9.71. The molecule has 1 aliphatic carbocycles. The van der Waals surface area contributed by atoms with Crippen molar-refractivity contribution in [1.82, 2.24) is 0 Å². The molecule has 3 rings (SSSR count). The zero-order valence-electron chi connectivity index (χ0n) is 16.4. The summed E-state index contributed by atoms with van der Waals surface area (Å²) in [7, 11) is 0. The molecular formula is C22H25ClF2O5. The number of hydrogen-bond acceptors (Lipinski definition) is 5. The maximum atomic E-state index is 15.1. The second-order valence-corrected chi connectivity index (χ2v) is 8.00. The van der Waals surface area contributed by atoms with E-state index < -0.39 is 42.7 Å². The van der Waals surface area contributed by atoms with Gasteiger partial charge in [-0.25, -0.2) is 8.78 Å². The molecule has 5 nitrogen and oxygen atoms in total. The van der Waals surface area contributed by atoms with Crippen LogP contribution in [-0.2, 0) is 12.0 Å². The third kappa shape index (κ3) is 4.05. The van der Waals surface area contributed by atoms with Crippen LogP contribution in [0.25, 0.3) is 0 Å². The summed E-state index contributed by atoms with van der Waals surface area (Å²) in [5.74, 6) is -5.17. The van der Waals surface area contributed by atoms with E-state index in [1.54, 1.807) is 12.1 Å². The number of aliphatic hydroxyl groups excluding tert-OH is 3. The van der Waals surface area contributed by atoms with E-state index in [-0.39, 0.29) is 5.56 Å². The lowest BCUT2D eigenvalue weighted by Crippen LogP contribution is -2.63. The average Bonchev–Trinajstić information content (AvgIpc) is 2.70. The first kappa shape index (κ1) is 22.9. The molecule has 0 bridgehead atoms. The van der Waals surface area contributed by atoms with E-state index in [2.05, 4.69) is 0 Å². The molecule has 8 heteroatoms. The summed E-state index contributed by atoms with van der Waals surface area (Å²) in [4.78, 5) is 0. The molecule has 0 aliphatic heterocycles. The number of halogens is 3. The second kappa shape index (κ2) is 8.77. The molecule has 2 aromatic carbocycles. The highest BCUT2D eigenvalue weighted by Crippen LogP contribution is 2.51. The topological polar surface area (TPSA) is 90.2 Å². The van der Waals surface area contributed by atoms with Crippen LogP contribution in [0.2, 0.25) is 5.02 Å². The van der Waals surface area contributed by atoms with Gasteiger partial charge in [0.15, 0.2) is 5.60 Å². The fourth-order valence-electron chi connectivity index (χ4n) is 3.94. The van der Waals surface area contributed by atoms with E-state index >= 15 is 8.78 Å². The van der Waals surface area contributed by atoms with Gasteiger partial charge in [-0.2, -0.15) is 0 Å². The fourth-order valence-corrected chi connectivity index (χ4v) is 4.12. The summed E-state index contributed by atoms with van der Waals surface area (Å²) in [5.41, 5.74) is -1.52. The monoisotopic (exact) mass is 442 g/mol. The molecule has 4 atom stereocenters. The summed E-state index contributed by atoms with van der Waals surface area (Å²) in [6.45, 7) is 1.33. The van der Waals surface area contributed by atoms with Crippen LogP contribution in [0.15, 0.2) is 42.5 Å². The van der Waals surface area contributed by atoms with Crippen LogP contribution >= 0.6 is 11.6 Å². The Morgan fingerprint density at radius 2 is 1.80 bits per heavy atom. The van der Waals surface area contributed by atoms with E-state index in [4.69, 9.17) is 16.3 Å². The zero-order valence-corrected chi connectivity index (χ0v) is 17.2. The largest absolute Gasteiger partial charge is 0.494 e. The highest BCUT2D eigenvalue weighted by Gasteiger charge is 2.65. The van der Waals surface area contributed by atoms with Crippen molar-refractivity contribution in [2.45, 2.75) is 43.5 Å². The lowest BCUT2D eigenvalue weighted by molar-refractivity contribution is -0.288. The smallest absolute Gasteiger partial charge is 0.287 e. The van der Waals surface area contributed by atoms with Gasteiger partial charge in [-0.3, -0.25) is 0 Å². The normalized spacial score (nSPS) is 28.3. The van der Waals surface area contributed by atoms with Gasteiger partial charge >= 0.3 is 0 Å². The van der Waals surface area contributed by atoms with Crippen LogP contribution in [0, 0.1) is 5.92 Å². The summed E-state index contributed by atoms with van der Waals surface area (Å²) in [5, 5.41) is 40.6. The van der Waals surface area contributed by atoms with E-state index in [0.717, 1.165) is 5.56 Å². The van der Waals surface area contributed by atoms with Crippen LogP contribution in [0.1, 0.15) is 30.0 Å². The third-order valence-electron chi connectivity index (χ3n) is 5.68. The number of ether oxygens (including phenoxy) is 1. The predicted octanol–water partition coefficient (Wildman–Crippen LogP) is 2.89. The Bertz CT molecular complexity index is 876. The maximum Gasteiger partial charge on any atom is 0.287 e. The van der Waals surface area contributed by atoms with Gasteiger partial charge in [-0.1, -0.05) is 35.9 Å². The highest BCUT2D eigenvalue weighted by atomic mass is 35.5. The van der Waals surface area contributed by atoms with Crippen LogP contribution in [0.4, 0.5) is 8.78 Å². The number of rotatable bonds is 6. The van der Waals surface area contributed by atoms with Crippen molar-refractivity contribution in [2.24, 2.45) is 5.92 Å². The van der Waals surface area contributed by atoms with Crippen LogP contribution in [0.5, 0.6) is 5.75 Å². The second-order valence-electron chi connectivity index (χ2n) is 7.59. The van der Waals surface area contributed by atoms with Crippen molar-refractivity contribution >= 4 is 11.6 Å². The van der Waals surface area contributed by atoms with Crippen molar-refractivity contribution < 1.29 is 33.9 Å². The average molecular weight is 443 g/mol. The molecule has 30 heavy (non-hydrogen) atoms.